The second kappa shape index (κ2) is 5.63. The normalized spacial score (nSPS) is 22.2. The molecule has 4 nitrogen and oxygen atoms in total. The third kappa shape index (κ3) is 3.37. The van der Waals surface area contributed by atoms with Crippen molar-refractivity contribution in [3.63, 3.8) is 0 Å². The van der Waals surface area contributed by atoms with Gasteiger partial charge in [0, 0.05) is 31.2 Å². The Morgan fingerprint density at radius 3 is 2.68 bits per heavy atom. The van der Waals surface area contributed by atoms with Crippen molar-refractivity contribution in [3.8, 4) is 0 Å². The Balaban J connectivity index is 1.67. The lowest BCUT2D eigenvalue weighted by molar-refractivity contribution is 0.0622. The van der Waals surface area contributed by atoms with Gasteiger partial charge < -0.3 is 10.1 Å². The number of rotatable bonds is 4. The molecule has 1 unspecified atom stereocenters. The van der Waals surface area contributed by atoms with Crippen LogP contribution in [-0.4, -0.2) is 29.2 Å². The molecule has 104 valence electrons. The van der Waals surface area contributed by atoms with Crippen LogP contribution in [0.2, 0.25) is 5.15 Å². The fourth-order valence-electron chi connectivity index (χ4n) is 2.60. The van der Waals surface area contributed by atoms with E-state index in [1.54, 1.807) is 0 Å². The number of anilines is 1. The van der Waals surface area contributed by atoms with E-state index in [9.17, 15) is 0 Å². The number of nitrogens with zero attached hydrogens (tertiary/aromatic N) is 2. The van der Waals surface area contributed by atoms with Crippen molar-refractivity contribution in [3.05, 3.63) is 17.0 Å². The molecule has 1 aromatic rings. The van der Waals surface area contributed by atoms with Crippen LogP contribution in [-0.2, 0) is 4.74 Å². The highest BCUT2D eigenvalue weighted by Gasteiger charge is 2.28. The van der Waals surface area contributed by atoms with Crippen molar-refractivity contribution in [1.82, 2.24) is 9.97 Å². The van der Waals surface area contributed by atoms with Gasteiger partial charge in [-0.1, -0.05) is 11.6 Å². The molecule has 2 aliphatic rings. The van der Waals surface area contributed by atoms with E-state index >= 15 is 0 Å². The topological polar surface area (TPSA) is 47.0 Å². The molecule has 1 N–H and O–H groups in total. The Bertz CT molecular complexity index is 444. The van der Waals surface area contributed by atoms with Crippen LogP contribution < -0.4 is 5.32 Å². The maximum Gasteiger partial charge on any atom is 0.135 e. The molecule has 1 aliphatic heterocycles. The van der Waals surface area contributed by atoms with Gasteiger partial charge in [0.2, 0.25) is 0 Å². The molecular formula is C14H20ClN3O. The van der Waals surface area contributed by atoms with Crippen LogP contribution in [0.5, 0.6) is 0 Å². The van der Waals surface area contributed by atoms with E-state index in [0.717, 1.165) is 37.7 Å². The van der Waals surface area contributed by atoms with Gasteiger partial charge in [0.1, 0.15) is 16.8 Å². The minimum atomic E-state index is 0.391. The first-order valence-electron chi connectivity index (χ1n) is 7.11. The Morgan fingerprint density at radius 2 is 2.00 bits per heavy atom. The third-order valence-corrected chi connectivity index (χ3v) is 4.20. The first-order chi connectivity index (χ1) is 9.22. The molecule has 5 heteroatoms. The van der Waals surface area contributed by atoms with Crippen LogP contribution in [0.3, 0.4) is 0 Å². The molecule has 1 saturated carbocycles. The van der Waals surface area contributed by atoms with Crippen molar-refractivity contribution in [2.75, 3.05) is 18.5 Å². The zero-order valence-electron chi connectivity index (χ0n) is 11.2. The van der Waals surface area contributed by atoms with Gasteiger partial charge in [-0.3, -0.25) is 0 Å². The molecule has 0 radical (unpaired) electrons. The van der Waals surface area contributed by atoms with Gasteiger partial charge in [-0.2, -0.15) is 0 Å². The molecule has 0 bridgehead atoms. The molecule has 2 heterocycles. The summed E-state index contributed by atoms with van der Waals surface area (Å²) in [6.45, 7) is 3.95. The lowest BCUT2D eigenvalue weighted by Crippen LogP contribution is -2.31. The average Bonchev–Trinajstić information content (AvgIpc) is 3.23. The summed E-state index contributed by atoms with van der Waals surface area (Å²) >= 11 is 6.08. The zero-order chi connectivity index (χ0) is 13.2. The van der Waals surface area contributed by atoms with Gasteiger partial charge in [0.25, 0.3) is 0 Å². The summed E-state index contributed by atoms with van der Waals surface area (Å²) in [7, 11) is 0. The molecule has 1 aromatic heterocycles. The van der Waals surface area contributed by atoms with Crippen LogP contribution >= 0.6 is 11.6 Å². The lowest BCUT2D eigenvalue weighted by Gasteiger charge is -2.28. The van der Waals surface area contributed by atoms with Crippen LogP contribution in [0, 0.1) is 5.92 Å². The largest absolute Gasteiger partial charge is 0.381 e. The molecule has 1 aliphatic carbocycles. The maximum atomic E-state index is 6.08. The summed E-state index contributed by atoms with van der Waals surface area (Å²) in [5.74, 6) is 2.93. The molecule has 0 amide bonds. The second-order valence-corrected chi connectivity index (χ2v) is 5.98. The number of hydrogen-bond donors (Lipinski definition) is 1. The standard InChI is InChI=1S/C14H20ClN3O/c1-9(10-4-6-19-7-5-10)16-13-8-12(15)17-14(18-13)11-2-3-11/h8-11H,2-7H2,1H3,(H,16,17,18). The van der Waals surface area contributed by atoms with E-state index < -0.39 is 0 Å². The third-order valence-electron chi connectivity index (χ3n) is 4.00. The van der Waals surface area contributed by atoms with Crippen LogP contribution in [0.1, 0.15) is 44.3 Å². The van der Waals surface area contributed by atoms with Gasteiger partial charge in [-0.25, -0.2) is 9.97 Å². The minimum absolute atomic E-state index is 0.391. The number of nitrogens with one attached hydrogen (secondary N) is 1. The highest BCUT2D eigenvalue weighted by atomic mass is 35.5. The number of hydrogen-bond acceptors (Lipinski definition) is 4. The van der Waals surface area contributed by atoms with E-state index in [1.807, 2.05) is 6.07 Å². The Labute approximate surface area is 118 Å². The van der Waals surface area contributed by atoms with Gasteiger partial charge in [0.15, 0.2) is 0 Å². The second-order valence-electron chi connectivity index (χ2n) is 5.59. The van der Waals surface area contributed by atoms with Crippen molar-refractivity contribution in [2.24, 2.45) is 5.92 Å². The molecule has 3 rings (SSSR count). The Kier molecular flexibility index (Phi) is 3.89. The smallest absolute Gasteiger partial charge is 0.135 e. The minimum Gasteiger partial charge on any atom is -0.381 e. The highest BCUT2D eigenvalue weighted by molar-refractivity contribution is 6.29. The fraction of sp³-hybridized carbons (Fsp3) is 0.714. The SMILES string of the molecule is CC(Nc1cc(Cl)nc(C2CC2)n1)C1CCOCC1. The number of aromatic nitrogens is 2. The van der Waals surface area contributed by atoms with Crippen LogP contribution in [0.4, 0.5) is 5.82 Å². The quantitative estimate of drug-likeness (QED) is 0.861. The van der Waals surface area contributed by atoms with Crippen molar-refractivity contribution >= 4 is 17.4 Å². The van der Waals surface area contributed by atoms with Gasteiger partial charge in [-0.05, 0) is 38.5 Å². The molecule has 19 heavy (non-hydrogen) atoms. The fourth-order valence-corrected chi connectivity index (χ4v) is 2.79. The molecule has 0 spiro atoms. The van der Waals surface area contributed by atoms with Crippen molar-refractivity contribution in [2.45, 2.75) is 44.6 Å². The molecule has 1 saturated heterocycles. The van der Waals surface area contributed by atoms with Gasteiger partial charge >= 0.3 is 0 Å². The summed E-state index contributed by atoms with van der Waals surface area (Å²) < 4.78 is 5.40. The predicted molar refractivity (Wildman–Crippen MR) is 75.6 cm³/mol. The van der Waals surface area contributed by atoms with E-state index in [-0.39, 0.29) is 0 Å². The van der Waals surface area contributed by atoms with E-state index in [1.165, 1.54) is 12.8 Å². The molecule has 2 fully saturated rings. The molecular weight excluding hydrogens is 262 g/mol. The van der Waals surface area contributed by atoms with E-state index in [4.69, 9.17) is 16.3 Å². The van der Waals surface area contributed by atoms with Crippen LogP contribution in [0.15, 0.2) is 6.07 Å². The highest BCUT2D eigenvalue weighted by Crippen LogP contribution is 2.38. The summed E-state index contributed by atoms with van der Waals surface area (Å²) in [6.07, 6.45) is 4.61. The summed E-state index contributed by atoms with van der Waals surface area (Å²) in [6, 6.07) is 2.21. The monoisotopic (exact) mass is 281 g/mol. The van der Waals surface area contributed by atoms with Crippen molar-refractivity contribution in [1.29, 1.82) is 0 Å². The first-order valence-corrected chi connectivity index (χ1v) is 7.49. The maximum absolute atomic E-state index is 6.08. The summed E-state index contributed by atoms with van der Waals surface area (Å²) in [4.78, 5) is 8.90. The zero-order valence-corrected chi connectivity index (χ0v) is 12.0. The number of ether oxygens (including phenoxy) is 1. The summed E-state index contributed by atoms with van der Waals surface area (Å²) in [5.41, 5.74) is 0. The average molecular weight is 282 g/mol. The molecule has 1 atom stereocenters. The van der Waals surface area contributed by atoms with Gasteiger partial charge in [-0.15, -0.1) is 0 Å². The Morgan fingerprint density at radius 1 is 1.26 bits per heavy atom. The first kappa shape index (κ1) is 13.1. The van der Waals surface area contributed by atoms with Gasteiger partial charge in [0.05, 0.1) is 0 Å². The van der Waals surface area contributed by atoms with Crippen LogP contribution in [0.25, 0.3) is 0 Å². The van der Waals surface area contributed by atoms with E-state index in [0.29, 0.717) is 23.0 Å². The predicted octanol–water partition coefficient (Wildman–Crippen LogP) is 3.23. The lowest BCUT2D eigenvalue weighted by atomic mass is 9.93. The van der Waals surface area contributed by atoms with E-state index in [2.05, 4.69) is 22.2 Å². The summed E-state index contributed by atoms with van der Waals surface area (Å²) in [5, 5.41) is 4.02. The molecule has 0 aromatic carbocycles. The number of halogens is 1. The van der Waals surface area contributed by atoms with Crippen molar-refractivity contribution < 1.29 is 4.74 Å². The Hall–Kier alpha value is -0.870.